The molecule has 194 valence electrons. The maximum absolute atomic E-state index is 13.0. The fourth-order valence-electron chi connectivity index (χ4n) is 4.14. The molecule has 0 spiro atoms. The third-order valence-electron chi connectivity index (χ3n) is 6.14. The minimum atomic E-state index is -0.155. The lowest BCUT2D eigenvalue weighted by atomic mass is 10.1. The molecular formula is C28H27N5O4S. The van der Waals surface area contributed by atoms with Crippen LogP contribution >= 0.6 is 11.8 Å². The lowest BCUT2D eigenvalue weighted by molar-refractivity contribution is 0.0518. The number of amides is 2. The molecule has 2 amide bonds. The molecule has 0 saturated carbocycles. The zero-order valence-electron chi connectivity index (χ0n) is 20.6. The van der Waals surface area contributed by atoms with Crippen molar-refractivity contribution in [2.75, 3.05) is 43.9 Å². The van der Waals surface area contributed by atoms with Gasteiger partial charge in [0.15, 0.2) is 5.76 Å². The van der Waals surface area contributed by atoms with Crippen LogP contribution in [0.5, 0.6) is 0 Å². The van der Waals surface area contributed by atoms with E-state index in [4.69, 9.17) is 9.52 Å². The van der Waals surface area contributed by atoms with E-state index in [1.165, 1.54) is 6.26 Å². The topological polar surface area (TPSA) is 112 Å². The number of nitrogens with one attached hydrogen (secondary N) is 1. The van der Waals surface area contributed by atoms with E-state index >= 15 is 0 Å². The van der Waals surface area contributed by atoms with Crippen LogP contribution in [0.2, 0.25) is 0 Å². The summed E-state index contributed by atoms with van der Waals surface area (Å²) in [7, 11) is 0. The summed E-state index contributed by atoms with van der Waals surface area (Å²) >= 11 is 1.60. The normalized spacial score (nSPS) is 13.4. The second-order valence-electron chi connectivity index (χ2n) is 8.63. The first kappa shape index (κ1) is 25.5. The summed E-state index contributed by atoms with van der Waals surface area (Å²) in [5.74, 6) is 1.21. The van der Waals surface area contributed by atoms with Crippen molar-refractivity contribution in [3.8, 4) is 11.3 Å². The predicted molar refractivity (Wildman–Crippen MR) is 146 cm³/mol. The van der Waals surface area contributed by atoms with Gasteiger partial charge in [-0.15, -0.1) is 11.8 Å². The minimum absolute atomic E-state index is 0.0690. The SMILES string of the molecule is O=C(c1ccc(Nc2nccc(-c3ccc(SCCO)cc3)n2)cc1)N1CCN(C(=O)c2ccco2)CC1. The van der Waals surface area contributed by atoms with Gasteiger partial charge in [-0.25, -0.2) is 9.97 Å². The smallest absolute Gasteiger partial charge is 0.289 e. The second-order valence-corrected chi connectivity index (χ2v) is 9.79. The molecule has 1 fully saturated rings. The van der Waals surface area contributed by atoms with Gasteiger partial charge in [-0.2, -0.15) is 0 Å². The van der Waals surface area contributed by atoms with Gasteiger partial charge in [0.05, 0.1) is 18.6 Å². The van der Waals surface area contributed by atoms with Crippen molar-refractivity contribution >= 4 is 35.2 Å². The zero-order chi connectivity index (χ0) is 26.3. The number of aliphatic hydroxyl groups is 1. The lowest BCUT2D eigenvalue weighted by Gasteiger charge is -2.34. The van der Waals surface area contributed by atoms with Gasteiger partial charge in [0.2, 0.25) is 5.95 Å². The summed E-state index contributed by atoms with van der Waals surface area (Å²) in [6, 6.07) is 20.4. The molecule has 0 bridgehead atoms. The van der Waals surface area contributed by atoms with Gasteiger partial charge < -0.3 is 24.6 Å². The number of thioether (sulfide) groups is 1. The summed E-state index contributed by atoms with van der Waals surface area (Å²) in [5, 5.41) is 12.2. The Balaban J connectivity index is 1.17. The Hall–Kier alpha value is -4.15. The van der Waals surface area contributed by atoms with E-state index in [-0.39, 0.29) is 18.4 Å². The molecule has 5 rings (SSSR count). The number of aliphatic hydroxyl groups excluding tert-OH is 1. The minimum Gasteiger partial charge on any atom is -0.459 e. The van der Waals surface area contributed by atoms with Crippen molar-refractivity contribution in [2.45, 2.75) is 4.90 Å². The fraction of sp³-hybridized carbons (Fsp3) is 0.214. The van der Waals surface area contributed by atoms with Crippen molar-refractivity contribution in [1.82, 2.24) is 19.8 Å². The Morgan fingerprint density at radius 2 is 1.63 bits per heavy atom. The molecule has 4 aromatic rings. The number of hydrogen-bond donors (Lipinski definition) is 2. The standard InChI is InChI=1S/C28H27N5O4S/c34-17-19-38-23-9-5-20(6-10-23)24-11-12-29-28(31-24)30-22-7-3-21(4-8-22)26(35)32-13-15-33(16-14-32)27(36)25-2-1-18-37-25/h1-12,18,34H,13-17,19H2,(H,29,30,31). The number of benzene rings is 2. The molecular weight excluding hydrogens is 502 g/mol. The summed E-state index contributed by atoms with van der Waals surface area (Å²) in [6.45, 7) is 2.00. The van der Waals surface area contributed by atoms with Crippen LogP contribution in [-0.2, 0) is 0 Å². The molecule has 38 heavy (non-hydrogen) atoms. The average molecular weight is 530 g/mol. The van der Waals surface area contributed by atoms with Crippen molar-refractivity contribution in [1.29, 1.82) is 0 Å². The van der Waals surface area contributed by atoms with Crippen LogP contribution in [-0.4, -0.2) is 75.2 Å². The number of anilines is 2. The highest BCUT2D eigenvalue weighted by Gasteiger charge is 2.26. The lowest BCUT2D eigenvalue weighted by Crippen LogP contribution is -2.50. The number of piperazine rings is 1. The highest BCUT2D eigenvalue weighted by Crippen LogP contribution is 2.24. The molecule has 1 aliphatic rings. The van der Waals surface area contributed by atoms with Gasteiger partial charge in [0, 0.05) is 59.8 Å². The molecule has 0 unspecified atom stereocenters. The molecule has 0 aliphatic carbocycles. The van der Waals surface area contributed by atoms with Gasteiger partial charge in [-0.3, -0.25) is 9.59 Å². The van der Waals surface area contributed by atoms with Gasteiger partial charge >= 0.3 is 0 Å². The van der Waals surface area contributed by atoms with E-state index in [2.05, 4.69) is 15.3 Å². The van der Waals surface area contributed by atoms with Crippen LogP contribution < -0.4 is 5.32 Å². The van der Waals surface area contributed by atoms with E-state index in [9.17, 15) is 9.59 Å². The Kier molecular flexibility index (Phi) is 8.01. The molecule has 2 aromatic heterocycles. The number of aromatic nitrogens is 2. The van der Waals surface area contributed by atoms with Crippen LogP contribution in [0.15, 0.2) is 88.5 Å². The summed E-state index contributed by atoms with van der Waals surface area (Å²) in [6.07, 6.45) is 3.18. The van der Waals surface area contributed by atoms with Crippen molar-refractivity contribution in [3.63, 3.8) is 0 Å². The van der Waals surface area contributed by atoms with Gasteiger partial charge in [-0.05, 0) is 54.6 Å². The maximum atomic E-state index is 13.0. The number of carbonyl (C=O) groups is 2. The molecule has 0 atom stereocenters. The first-order chi connectivity index (χ1) is 18.6. The monoisotopic (exact) mass is 529 g/mol. The highest BCUT2D eigenvalue weighted by molar-refractivity contribution is 7.99. The number of nitrogens with zero attached hydrogens (tertiary/aromatic N) is 4. The van der Waals surface area contributed by atoms with Crippen LogP contribution in [0.3, 0.4) is 0 Å². The Morgan fingerprint density at radius 3 is 2.29 bits per heavy atom. The van der Waals surface area contributed by atoms with Crippen LogP contribution in [0.1, 0.15) is 20.9 Å². The van der Waals surface area contributed by atoms with E-state index in [0.29, 0.717) is 49.2 Å². The first-order valence-electron chi connectivity index (χ1n) is 12.3. The van der Waals surface area contributed by atoms with Crippen molar-refractivity contribution < 1.29 is 19.1 Å². The van der Waals surface area contributed by atoms with E-state index < -0.39 is 0 Å². The third kappa shape index (κ3) is 6.04. The molecule has 9 nitrogen and oxygen atoms in total. The Bertz CT molecular complexity index is 1370. The first-order valence-corrected chi connectivity index (χ1v) is 13.3. The van der Waals surface area contributed by atoms with Gasteiger partial charge in [0.1, 0.15) is 0 Å². The zero-order valence-corrected chi connectivity index (χ0v) is 21.4. The maximum Gasteiger partial charge on any atom is 0.289 e. The quantitative estimate of drug-likeness (QED) is 0.327. The second kappa shape index (κ2) is 11.9. The number of hydrogen-bond acceptors (Lipinski definition) is 8. The molecule has 1 saturated heterocycles. The largest absolute Gasteiger partial charge is 0.459 e. The van der Waals surface area contributed by atoms with Crippen LogP contribution in [0.25, 0.3) is 11.3 Å². The number of carbonyl (C=O) groups excluding carboxylic acids is 2. The van der Waals surface area contributed by atoms with E-state index in [1.807, 2.05) is 42.5 Å². The van der Waals surface area contributed by atoms with E-state index in [0.717, 1.165) is 21.8 Å². The predicted octanol–water partition coefficient (Wildman–Crippen LogP) is 4.16. The Labute approximate surface area is 224 Å². The van der Waals surface area contributed by atoms with Crippen molar-refractivity contribution in [2.24, 2.45) is 0 Å². The van der Waals surface area contributed by atoms with Crippen LogP contribution in [0.4, 0.5) is 11.6 Å². The average Bonchev–Trinajstić information content (AvgIpc) is 3.52. The number of furan rings is 1. The van der Waals surface area contributed by atoms with Crippen molar-refractivity contribution in [3.05, 3.63) is 90.5 Å². The van der Waals surface area contributed by atoms with Gasteiger partial charge in [-0.1, -0.05) is 12.1 Å². The van der Waals surface area contributed by atoms with Crippen LogP contribution in [0, 0.1) is 0 Å². The Morgan fingerprint density at radius 1 is 0.921 bits per heavy atom. The highest BCUT2D eigenvalue weighted by atomic mass is 32.2. The molecule has 0 radical (unpaired) electrons. The van der Waals surface area contributed by atoms with Gasteiger partial charge in [0.25, 0.3) is 11.8 Å². The summed E-state index contributed by atoms with van der Waals surface area (Å²) < 4.78 is 5.20. The molecule has 2 N–H and O–H groups in total. The fourth-order valence-corrected chi connectivity index (χ4v) is 4.80. The summed E-state index contributed by atoms with van der Waals surface area (Å²) in [5.41, 5.74) is 3.10. The van der Waals surface area contributed by atoms with E-state index in [1.54, 1.807) is 52.0 Å². The molecule has 2 aromatic carbocycles. The molecule has 10 heteroatoms. The third-order valence-corrected chi connectivity index (χ3v) is 7.13. The molecule has 3 heterocycles. The molecule has 1 aliphatic heterocycles. The number of rotatable bonds is 8. The summed E-state index contributed by atoms with van der Waals surface area (Å²) in [4.78, 5) is 38.9.